The highest BCUT2D eigenvalue weighted by Crippen LogP contribution is 2.37. The van der Waals surface area contributed by atoms with E-state index in [2.05, 4.69) is 5.10 Å². The monoisotopic (exact) mass is 511 g/mol. The van der Waals surface area contributed by atoms with Crippen molar-refractivity contribution in [3.05, 3.63) is 71.3 Å². The minimum Gasteiger partial charge on any atom is -0.478 e. The Morgan fingerprint density at radius 3 is 2.29 bits per heavy atom. The molecule has 1 aromatic heterocycles. The molecular formula is C23H21F4N3O4S. The van der Waals surface area contributed by atoms with E-state index in [1.165, 1.54) is 21.7 Å². The molecule has 0 saturated carbocycles. The third-order valence-electron chi connectivity index (χ3n) is 5.61. The number of rotatable bonds is 5. The van der Waals surface area contributed by atoms with Gasteiger partial charge in [-0.15, -0.1) is 0 Å². The van der Waals surface area contributed by atoms with Gasteiger partial charge in [-0.1, -0.05) is 0 Å². The van der Waals surface area contributed by atoms with Crippen LogP contribution in [0, 0.1) is 5.82 Å². The molecule has 3 aromatic rings. The lowest BCUT2D eigenvalue weighted by Gasteiger charge is -2.30. The molecule has 2 heterocycles. The standard InChI is InChI=1S/C23H21F4N3O4S/c1-22(2,23(25,26)27)34-20-9-8-17(35(3,32)33)10-18(20)21(31)29-11-14-12-30(28-19(14)13-29)16-6-4-15(24)5-7-16/h4-10,12H,11,13H2,1-3H3. The molecule has 0 fully saturated rings. The molecule has 0 N–H and O–H groups in total. The first-order chi connectivity index (χ1) is 16.2. The molecule has 4 rings (SSSR count). The zero-order valence-corrected chi connectivity index (χ0v) is 19.7. The van der Waals surface area contributed by atoms with E-state index in [9.17, 15) is 30.8 Å². The van der Waals surface area contributed by atoms with Crippen LogP contribution in [0.15, 0.2) is 53.6 Å². The summed E-state index contributed by atoms with van der Waals surface area (Å²) in [6.45, 7) is 1.78. The lowest BCUT2D eigenvalue weighted by atomic mass is 10.1. The summed E-state index contributed by atoms with van der Waals surface area (Å²) in [6.07, 6.45) is -2.13. The van der Waals surface area contributed by atoms with Crippen molar-refractivity contribution in [1.82, 2.24) is 14.7 Å². The summed E-state index contributed by atoms with van der Waals surface area (Å²) in [5, 5.41) is 4.41. The maximum atomic E-state index is 13.4. The van der Waals surface area contributed by atoms with Crippen molar-refractivity contribution >= 4 is 15.7 Å². The lowest BCUT2D eigenvalue weighted by molar-refractivity contribution is -0.234. The highest BCUT2D eigenvalue weighted by Gasteiger charge is 2.50. The Labute approximate surface area is 198 Å². The maximum Gasteiger partial charge on any atom is 0.427 e. The third-order valence-corrected chi connectivity index (χ3v) is 6.73. The zero-order valence-electron chi connectivity index (χ0n) is 18.9. The SMILES string of the molecule is CC(C)(Oc1ccc(S(C)(=O)=O)cc1C(=O)N1Cc2cn(-c3ccc(F)cc3)nc2C1)C(F)(F)F. The van der Waals surface area contributed by atoms with E-state index in [0.717, 1.165) is 38.3 Å². The van der Waals surface area contributed by atoms with Crippen LogP contribution in [0.4, 0.5) is 17.6 Å². The van der Waals surface area contributed by atoms with Gasteiger partial charge in [0.1, 0.15) is 11.6 Å². The normalized spacial score (nSPS) is 14.2. The number of carbonyl (C=O) groups is 1. The Bertz CT molecular complexity index is 1370. The Morgan fingerprint density at radius 2 is 1.71 bits per heavy atom. The van der Waals surface area contributed by atoms with Crippen molar-refractivity contribution in [3.8, 4) is 11.4 Å². The lowest BCUT2D eigenvalue weighted by Crippen LogP contribution is -2.45. The predicted octanol–water partition coefficient (Wildman–Crippen LogP) is 4.29. The van der Waals surface area contributed by atoms with E-state index in [1.807, 2.05) is 0 Å². The summed E-state index contributed by atoms with van der Waals surface area (Å²) < 4.78 is 84.2. The summed E-state index contributed by atoms with van der Waals surface area (Å²) in [6, 6.07) is 8.84. The first kappa shape index (κ1) is 24.7. The van der Waals surface area contributed by atoms with Gasteiger partial charge in [0.25, 0.3) is 5.91 Å². The average molecular weight is 511 g/mol. The average Bonchev–Trinajstić information content (AvgIpc) is 3.31. The number of fused-ring (bicyclic) bond motifs is 1. The van der Waals surface area contributed by atoms with E-state index in [0.29, 0.717) is 16.9 Å². The second kappa shape index (κ2) is 8.36. The number of halogens is 4. The first-order valence-corrected chi connectivity index (χ1v) is 12.3. The predicted molar refractivity (Wildman–Crippen MR) is 117 cm³/mol. The fraction of sp³-hybridized carbons (Fsp3) is 0.304. The molecule has 1 aliphatic rings. The van der Waals surface area contributed by atoms with E-state index < -0.39 is 33.3 Å². The van der Waals surface area contributed by atoms with Gasteiger partial charge in [0.2, 0.25) is 0 Å². The largest absolute Gasteiger partial charge is 0.478 e. The Hall–Kier alpha value is -3.41. The van der Waals surface area contributed by atoms with E-state index in [-0.39, 0.29) is 29.3 Å². The third kappa shape index (κ3) is 4.88. The van der Waals surface area contributed by atoms with Crippen LogP contribution in [0.25, 0.3) is 5.69 Å². The molecule has 1 aliphatic heterocycles. The zero-order chi connectivity index (χ0) is 25.8. The summed E-state index contributed by atoms with van der Waals surface area (Å²) in [7, 11) is -3.74. The van der Waals surface area contributed by atoms with Gasteiger partial charge in [0, 0.05) is 24.6 Å². The molecule has 0 spiro atoms. The maximum absolute atomic E-state index is 13.4. The second-order valence-electron chi connectivity index (χ2n) is 8.72. The summed E-state index contributed by atoms with van der Waals surface area (Å²) in [5.41, 5.74) is -1.07. The quantitative estimate of drug-likeness (QED) is 0.478. The van der Waals surface area contributed by atoms with Crippen LogP contribution < -0.4 is 4.74 Å². The van der Waals surface area contributed by atoms with Crippen molar-refractivity contribution in [2.75, 3.05) is 6.26 Å². The van der Waals surface area contributed by atoms with Gasteiger partial charge >= 0.3 is 6.18 Å². The number of aromatic nitrogens is 2. The highest BCUT2D eigenvalue weighted by atomic mass is 32.2. The highest BCUT2D eigenvalue weighted by molar-refractivity contribution is 7.90. The molecule has 7 nitrogen and oxygen atoms in total. The number of hydrogen-bond acceptors (Lipinski definition) is 5. The van der Waals surface area contributed by atoms with Crippen LogP contribution in [0.2, 0.25) is 0 Å². The van der Waals surface area contributed by atoms with E-state index >= 15 is 0 Å². The Morgan fingerprint density at radius 1 is 1.06 bits per heavy atom. The van der Waals surface area contributed by atoms with Gasteiger partial charge in [0.15, 0.2) is 15.4 Å². The fourth-order valence-electron chi connectivity index (χ4n) is 3.52. The number of benzene rings is 2. The number of sulfone groups is 1. The van der Waals surface area contributed by atoms with E-state index in [4.69, 9.17) is 4.74 Å². The van der Waals surface area contributed by atoms with Crippen molar-refractivity contribution in [1.29, 1.82) is 0 Å². The molecule has 0 bridgehead atoms. The molecule has 1 amide bonds. The molecular weight excluding hydrogens is 490 g/mol. The molecule has 12 heteroatoms. The van der Waals surface area contributed by atoms with Crippen LogP contribution in [0.3, 0.4) is 0 Å². The molecule has 2 aromatic carbocycles. The summed E-state index contributed by atoms with van der Waals surface area (Å²) in [5.74, 6) is -1.48. The molecule has 35 heavy (non-hydrogen) atoms. The molecule has 0 aliphatic carbocycles. The number of ether oxygens (including phenoxy) is 1. The Kier molecular flexibility index (Phi) is 5.90. The minimum absolute atomic E-state index is 0.0492. The van der Waals surface area contributed by atoms with Crippen LogP contribution in [0.1, 0.15) is 35.5 Å². The number of carbonyl (C=O) groups excluding carboxylic acids is 1. The fourth-order valence-corrected chi connectivity index (χ4v) is 4.17. The minimum atomic E-state index is -4.74. The smallest absolute Gasteiger partial charge is 0.427 e. The van der Waals surface area contributed by atoms with Gasteiger partial charge in [0.05, 0.1) is 28.4 Å². The number of amides is 1. The molecule has 0 saturated heterocycles. The van der Waals surface area contributed by atoms with Crippen molar-refractivity contribution in [2.24, 2.45) is 0 Å². The van der Waals surface area contributed by atoms with Crippen molar-refractivity contribution < 1.29 is 35.5 Å². The van der Waals surface area contributed by atoms with Crippen LogP contribution in [0.5, 0.6) is 5.75 Å². The van der Waals surface area contributed by atoms with Gasteiger partial charge in [-0.3, -0.25) is 4.79 Å². The van der Waals surface area contributed by atoms with Crippen LogP contribution in [-0.2, 0) is 22.9 Å². The first-order valence-electron chi connectivity index (χ1n) is 10.4. The molecule has 0 atom stereocenters. The summed E-state index contributed by atoms with van der Waals surface area (Å²) in [4.78, 5) is 14.4. The van der Waals surface area contributed by atoms with Gasteiger partial charge < -0.3 is 9.64 Å². The summed E-state index contributed by atoms with van der Waals surface area (Å²) >= 11 is 0. The van der Waals surface area contributed by atoms with Crippen LogP contribution >= 0.6 is 0 Å². The van der Waals surface area contributed by atoms with Crippen molar-refractivity contribution in [3.63, 3.8) is 0 Å². The van der Waals surface area contributed by atoms with E-state index in [1.54, 1.807) is 18.3 Å². The number of nitrogens with zero attached hydrogens (tertiary/aromatic N) is 3. The van der Waals surface area contributed by atoms with Gasteiger partial charge in [-0.25, -0.2) is 17.5 Å². The number of hydrogen-bond donors (Lipinski definition) is 0. The van der Waals surface area contributed by atoms with Gasteiger partial charge in [-0.2, -0.15) is 18.3 Å². The Balaban J connectivity index is 1.64. The second-order valence-corrected chi connectivity index (χ2v) is 10.7. The number of alkyl halides is 3. The van der Waals surface area contributed by atoms with Crippen molar-refractivity contribution in [2.45, 2.75) is 43.6 Å². The topological polar surface area (TPSA) is 81.5 Å². The molecule has 0 unspecified atom stereocenters. The van der Waals surface area contributed by atoms with Crippen LogP contribution in [-0.4, -0.2) is 47.0 Å². The molecule has 0 radical (unpaired) electrons. The van der Waals surface area contributed by atoms with Gasteiger partial charge in [-0.05, 0) is 56.3 Å². The molecule has 186 valence electrons.